The van der Waals surface area contributed by atoms with Gasteiger partial charge < -0.3 is 9.05 Å². The van der Waals surface area contributed by atoms with Gasteiger partial charge in [-0.1, -0.05) is 58.3 Å². The average Bonchev–Trinajstić information content (AvgIpc) is 3.01. The standard InChI is InChI=1S/C21H31N2O2PS2/c1-16(2)23(17(3)4)26(24-15-9-14-22)25-20-19(18-10-6-5-7-11-18)27-28-21(20)12-8-13-21/h5-7,10-11,16-17,19-20H,8-9,12-13,15H2,1-4H3/t19-,20+,26?/m0/s1. The molecule has 1 aliphatic heterocycles. The van der Waals surface area contributed by atoms with Crippen LogP contribution in [0.2, 0.25) is 0 Å². The lowest BCUT2D eigenvalue weighted by Crippen LogP contribution is -2.46. The normalized spacial score (nSPS) is 24.6. The Morgan fingerprint density at radius 1 is 1.21 bits per heavy atom. The first kappa shape index (κ1) is 22.4. The largest absolute Gasteiger partial charge is 0.321 e. The van der Waals surface area contributed by atoms with E-state index < -0.39 is 8.53 Å². The number of rotatable bonds is 9. The minimum absolute atomic E-state index is 0.131. The van der Waals surface area contributed by atoms with Crippen molar-refractivity contribution in [3.63, 3.8) is 0 Å². The lowest BCUT2D eigenvalue weighted by molar-refractivity contribution is 0.0804. The molecule has 2 fully saturated rings. The van der Waals surface area contributed by atoms with Crippen LogP contribution in [-0.2, 0) is 9.05 Å². The van der Waals surface area contributed by atoms with Crippen molar-refractivity contribution in [3.8, 4) is 6.07 Å². The van der Waals surface area contributed by atoms with Crippen LogP contribution in [0.15, 0.2) is 30.3 Å². The van der Waals surface area contributed by atoms with E-state index in [0.717, 1.165) is 0 Å². The van der Waals surface area contributed by atoms with Crippen molar-refractivity contribution in [2.24, 2.45) is 0 Å². The zero-order valence-corrected chi connectivity index (χ0v) is 19.7. The van der Waals surface area contributed by atoms with E-state index in [9.17, 15) is 0 Å². The van der Waals surface area contributed by atoms with Crippen LogP contribution in [0.1, 0.15) is 64.2 Å². The van der Waals surface area contributed by atoms with Crippen LogP contribution >= 0.6 is 30.1 Å². The monoisotopic (exact) mass is 438 g/mol. The van der Waals surface area contributed by atoms with Crippen molar-refractivity contribution >= 4 is 30.1 Å². The first-order chi connectivity index (χ1) is 13.5. The molecule has 1 aliphatic carbocycles. The second kappa shape index (κ2) is 10.2. The Morgan fingerprint density at radius 3 is 2.43 bits per heavy atom. The molecule has 1 spiro atoms. The van der Waals surface area contributed by atoms with Gasteiger partial charge in [0.15, 0.2) is 0 Å². The zero-order valence-electron chi connectivity index (χ0n) is 17.2. The molecule has 1 saturated carbocycles. The van der Waals surface area contributed by atoms with Gasteiger partial charge in [-0.25, -0.2) is 4.67 Å². The van der Waals surface area contributed by atoms with E-state index in [0.29, 0.717) is 30.4 Å². The fourth-order valence-corrected chi connectivity index (χ4v) is 9.91. The Balaban J connectivity index is 1.85. The molecule has 0 N–H and O–H groups in total. The van der Waals surface area contributed by atoms with Crippen LogP contribution in [0.4, 0.5) is 0 Å². The van der Waals surface area contributed by atoms with Crippen molar-refractivity contribution in [2.75, 3.05) is 6.61 Å². The van der Waals surface area contributed by atoms with Gasteiger partial charge in [-0.15, -0.1) is 0 Å². The van der Waals surface area contributed by atoms with Gasteiger partial charge in [-0.3, -0.25) is 0 Å². The molecular weight excluding hydrogens is 407 g/mol. The molecule has 0 radical (unpaired) electrons. The summed E-state index contributed by atoms with van der Waals surface area (Å²) >= 11 is 0. The van der Waals surface area contributed by atoms with Gasteiger partial charge >= 0.3 is 0 Å². The maximum absolute atomic E-state index is 8.96. The summed E-state index contributed by atoms with van der Waals surface area (Å²) in [5, 5.41) is 9.27. The Labute approximate surface area is 179 Å². The fraction of sp³-hybridized carbons (Fsp3) is 0.667. The third-order valence-electron chi connectivity index (χ3n) is 5.31. The third kappa shape index (κ3) is 4.89. The highest BCUT2D eigenvalue weighted by molar-refractivity contribution is 8.77. The second-order valence-corrected chi connectivity index (χ2v) is 12.2. The van der Waals surface area contributed by atoms with Crippen LogP contribution in [0.5, 0.6) is 0 Å². The van der Waals surface area contributed by atoms with Gasteiger partial charge in [0, 0.05) is 12.1 Å². The van der Waals surface area contributed by atoms with Crippen LogP contribution in [0, 0.1) is 11.3 Å². The molecule has 0 bridgehead atoms. The SMILES string of the molecule is CC(C)N(C(C)C)P(OCCC#N)O[C@@H]1[C@H](c2ccccc2)SSC12CCC2. The van der Waals surface area contributed by atoms with Crippen LogP contribution in [0.3, 0.4) is 0 Å². The van der Waals surface area contributed by atoms with Crippen molar-refractivity contribution in [3.05, 3.63) is 35.9 Å². The summed E-state index contributed by atoms with van der Waals surface area (Å²) in [6.45, 7) is 9.20. The van der Waals surface area contributed by atoms with Crippen LogP contribution in [0.25, 0.3) is 0 Å². The third-order valence-corrected chi connectivity index (χ3v) is 11.1. The first-order valence-corrected chi connectivity index (χ1v) is 13.5. The van der Waals surface area contributed by atoms with Gasteiger partial charge in [0.2, 0.25) is 0 Å². The summed E-state index contributed by atoms with van der Waals surface area (Å²) in [6, 6.07) is 13.6. The van der Waals surface area contributed by atoms with Crippen molar-refractivity contribution in [2.45, 2.75) is 81.6 Å². The molecule has 3 rings (SSSR count). The molecule has 3 atom stereocenters. The van der Waals surface area contributed by atoms with E-state index in [-0.39, 0.29) is 10.9 Å². The van der Waals surface area contributed by atoms with Crippen molar-refractivity contribution in [1.82, 2.24) is 4.67 Å². The Morgan fingerprint density at radius 2 is 1.89 bits per heavy atom. The van der Waals surface area contributed by atoms with Gasteiger partial charge in [0.05, 0.1) is 35.2 Å². The van der Waals surface area contributed by atoms with E-state index in [1.54, 1.807) is 0 Å². The highest BCUT2D eigenvalue weighted by Crippen LogP contribution is 2.68. The van der Waals surface area contributed by atoms with E-state index in [1.165, 1.54) is 24.8 Å². The van der Waals surface area contributed by atoms with Crippen LogP contribution < -0.4 is 0 Å². The summed E-state index contributed by atoms with van der Waals surface area (Å²) < 4.78 is 15.6. The van der Waals surface area contributed by atoms with Gasteiger partial charge in [0.25, 0.3) is 8.53 Å². The topological polar surface area (TPSA) is 45.5 Å². The van der Waals surface area contributed by atoms with Crippen molar-refractivity contribution < 1.29 is 9.05 Å². The van der Waals surface area contributed by atoms with E-state index in [4.69, 9.17) is 14.3 Å². The maximum atomic E-state index is 8.96. The highest BCUT2D eigenvalue weighted by atomic mass is 33.1. The number of benzene rings is 1. The number of nitriles is 1. The minimum atomic E-state index is -1.22. The predicted molar refractivity (Wildman–Crippen MR) is 121 cm³/mol. The second-order valence-electron chi connectivity index (χ2n) is 8.00. The molecule has 2 aliphatic rings. The predicted octanol–water partition coefficient (Wildman–Crippen LogP) is 6.71. The molecule has 0 aromatic heterocycles. The smallest absolute Gasteiger partial charge is 0.259 e. The number of hydrogen-bond acceptors (Lipinski definition) is 6. The molecule has 4 nitrogen and oxygen atoms in total. The fourth-order valence-electron chi connectivity index (χ4n) is 3.83. The van der Waals surface area contributed by atoms with Crippen LogP contribution in [-0.4, -0.2) is 34.2 Å². The molecule has 0 amide bonds. The van der Waals surface area contributed by atoms with Gasteiger partial charge in [-0.2, -0.15) is 5.26 Å². The Hall–Kier alpha value is -0.280. The van der Waals surface area contributed by atoms with Crippen molar-refractivity contribution in [1.29, 1.82) is 5.26 Å². The molecule has 1 unspecified atom stereocenters. The summed E-state index contributed by atoms with van der Waals surface area (Å²) in [6.07, 6.45) is 4.23. The molecule has 1 saturated heterocycles. The zero-order chi connectivity index (χ0) is 20.1. The quantitative estimate of drug-likeness (QED) is 0.243. The Bertz CT molecular complexity index is 656. The average molecular weight is 439 g/mol. The lowest BCUT2D eigenvalue weighted by atomic mass is 9.78. The van der Waals surface area contributed by atoms with E-state index in [1.807, 2.05) is 21.6 Å². The summed E-state index contributed by atoms with van der Waals surface area (Å²) in [5.41, 5.74) is 1.33. The van der Waals surface area contributed by atoms with E-state index >= 15 is 0 Å². The molecule has 1 heterocycles. The number of hydrogen-bond donors (Lipinski definition) is 0. The molecule has 1 aromatic carbocycles. The summed E-state index contributed by atoms with van der Waals surface area (Å²) in [5.74, 6) is 0. The number of nitrogens with zero attached hydrogens (tertiary/aromatic N) is 2. The molecule has 28 heavy (non-hydrogen) atoms. The van der Waals surface area contributed by atoms with Gasteiger partial charge in [-0.05, 0) is 46.1 Å². The Kier molecular flexibility index (Phi) is 8.13. The van der Waals surface area contributed by atoms with Gasteiger partial charge in [0.1, 0.15) is 0 Å². The summed E-state index contributed by atoms with van der Waals surface area (Å²) in [7, 11) is 2.76. The molecular formula is C21H31N2O2PS2. The highest BCUT2D eigenvalue weighted by Gasteiger charge is 2.56. The first-order valence-electron chi connectivity index (χ1n) is 10.1. The lowest BCUT2D eigenvalue weighted by Gasteiger charge is -2.45. The minimum Gasteiger partial charge on any atom is -0.321 e. The molecule has 154 valence electrons. The maximum Gasteiger partial charge on any atom is 0.259 e. The van der Waals surface area contributed by atoms with E-state index in [2.05, 4.69) is 68.8 Å². The molecule has 1 aromatic rings. The molecule has 7 heteroatoms. The summed E-state index contributed by atoms with van der Waals surface area (Å²) in [4.78, 5) is 0.